The van der Waals surface area contributed by atoms with E-state index in [9.17, 15) is 8.42 Å². The minimum Gasteiger partial charge on any atom is -0.306 e. The van der Waals surface area contributed by atoms with Crippen molar-refractivity contribution in [3.8, 4) is 0 Å². The van der Waals surface area contributed by atoms with Crippen LogP contribution in [0.15, 0.2) is 23.1 Å². The molecule has 0 atom stereocenters. The van der Waals surface area contributed by atoms with Crippen molar-refractivity contribution in [1.29, 1.82) is 0 Å². The molecule has 0 unspecified atom stereocenters. The van der Waals surface area contributed by atoms with Gasteiger partial charge in [-0.05, 0) is 70.3 Å². The van der Waals surface area contributed by atoms with Gasteiger partial charge in [0, 0.05) is 17.6 Å². The first kappa shape index (κ1) is 17.7. The number of sulfonamides is 1. The summed E-state index contributed by atoms with van der Waals surface area (Å²) in [5, 5.41) is 0.481. The Hall–Kier alpha value is -0.620. The molecule has 0 spiro atoms. The van der Waals surface area contributed by atoms with Gasteiger partial charge < -0.3 is 4.90 Å². The van der Waals surface area contributed by atoms with Crippen molar-refractivity contribution in [2.75, 3.05) is 20.6 Å². The van der Waals surface area contributed by atoms with Crippen molar-refractivity contribution < 1.29 is 8.42 Å². The number of nitrogens with zero attached hydrogens (tertiary/aromatic N) is 1. The van der Waals surface area contributed by atoms with Crippen molar-refractivity contribution in [1.82, 2.24) is 9.62 Å². The lowest BCUT2D eigenvalue weighted by Gasteiger charge is -2.32. The van der Waals surface area contributed by atoms with Gasteiger partial charge in [0.2, 0.25) is 10.0 Å². The van der Waals surface area contributed by atoms with Crippen molar-refractivity contribution in [2.45, 2.75) is 43.5 Å². The zero-order valence-corrected chi connectivity index (χ0v) is 15.0. The Balaban J connectivity index is 1.95. The molecule has 1 aromatic rings. The van der Waals surface area contributed by atoms with Crippen LogP contribution in [0.3, 0.4) is 0 Å². The van der Waals surface area contributed by atoms with Crippen molar-refractivity contribution in [2.24, 2.45) is 5.92 Å². The van der Waals surface area contributed by atoms with Crippen LogP contribution in [0.2, 0.25) is 5.02 Å². The van der Waals surface area contributed by atoms with E-state index in [0.29, 0.717) is 29.1 Å². The fraction of sp³-hybridized carbons (Fsp3) is 0.625. The van der Waals surface area contributed by atoms with Gasteiger partial charge in [0.05, 0.1) is 4.90 Å². The molecule has 22 heavy (non-hydrogen) atoms. The highest BCUT2D eigenvalue weighted by atomic mass is 35.5. The number of nitrogens with one attached hydrogen (secondary N) is 1. The Morgan fingerprint density at radius 1 is 1.23 bits per heavy atom. The lowest BCUT2D eigenvalue weighted by molar-refractivity contribution is 0.194. The predicted molar refractivity (Wildman–Crippen MR) is 90.8 cm³/mol. The molecule has 0 aromatic heterocycles. The van der Waals surface area contributed by atoms with Crippen LogP contribution in [0.1, 0.15) is 31.2 Å². The summed E-state index contributed by atoms with van der Waals surface area (Å²) in [5.74, 6) is 0.422. The summed E-state index contributed by atoms with van der Waals surface area (Å²) in [7, 11) is 0.726. The van der Waals surface area contributed by atoms with Gasteiger partial charge in [-0.1, -0.05) is 17.7 Å². The fourth-order valence-corrected chi connectivity index (χ4v) is 4.66. The Morgan fingerprint density at radius 2 is 1.86 bits per heavy atom. The zero-order chi connectivity index (χ0) is 16.3. The van der Waals surface area contributed by atoms with Gasteiger partial charge in [-0.2, -0.15) is 0 Å². The topological polar surface area (TPSA) is 49.4 Å². The minimum absolute atomic E-state index is 0.280. The quantitative estimate of drug-likeness (QED) is 0.893. The summed E-state index contributed by atoms with van der Waals surface area (Å²) < 4.78 is 27.6. The number of rotatable bonds is 5. The molecule has 2 rings (SSSR count). The second kappa shape index (κ2) is 7.30. The van der Waals surface area contributed by atoms with E-state index in [2.05, 4.69) is 23.7 Å². The molecule has 1 N–H and O–H groups in total. The molecule has 6 heteroatoms. The molecule has 0 bridgehead atoms. The second-order valence-corrected chi connectivity index (χ2v) is 8.50. The molecule has 124 valence electrons. The SMILES string of the molecule is Cc1c(Cl)cccc1S(=O)(=O)NCC1CCC(N(C)C)CC1. The third-order valence-corrected chi connectivity index (χ3v) is 6.59. The first-order chi connectivity index (χ1) is 10.3. The Morgan fingerprint density at radius 3 is 2.45 bits per heavy atom. The van der Waals surface area contributed by atoms with Crippen LogP contribution in [0, 0.1) is 12.8 Å². The Bertz CT molecular complexity index is 609. The molecule has 1 aliphatic carbocycles. The maximum absolute atomic E-state index is 12.4. The van der Waals surface area contributed by atoms with E-state index in [-0.39, 0.29) is 4.90 Å². The standard InChI is InChI=1S/C16H25ClN2O2S/c1-12-15(17)5-4-6-16(12)22(20,21)18-11-13-7-9-14(10-8-13)19(2)3/h4-6,13-14,18H,7-11H2,1-3H3. The van der Waals surface area contributed by atoms with E-state index in [0.717, 1.165) is 25.7 Å². The van der Waals surface area contributed by atoms with E-state index in [1.807, 2.05) is 0 Å². The first-order valence-electron chi connectivity index (χ1n) is 7.72. The summed E-state index contributed by atoms with van der Waals surface area (Å²) in [6, 6.07) is 5.61. The van der Waals surface area contributed by atoms with Crippen LogP contribution in [0.5, 0.6) is 0 Å². The maximum Gasteiger partial charge on any atom is 0.240 e. The van der Waals surface area contributed by atoms with Crippen LogP contribution in [-0.4, -0.2) is 40.0 Å². The van der Waals surface area contributed by atoms with Gasteiger partial charge in [-0.15, -0.1) is 0 Å². The lowest BCUT2D eigenvalue weighted by atomic mass is 9.86. The van der Waals surface area contributed by atoms with E-state index < -0.39 is 10.0 Å². The van der Waals surface area contributed by atoms with Gasteiger partial charge in [-0.25, -0.2) is 13.1 Å². The molecule has 1 aromatic carbocycles. The number of benzene rings is 1. The molecule has 4 nitrogen and oxygen atoms in total. The van der Waals surface area contributed by atoms with Crippen molar-refractivity contribution >= 4 is 21.6 Å². The number of hydrogen-bond donors (Lipinski definition) is 1. The molecule has 0 saturated heterocycles. The van der Waals surface area contributed by atoms with Crippen LogP contribution in [0.4, 0.5) is 0 Å². The highest BCUT2D eigenvalue weighted by Crippen LogP contribution is 2.27. The second-order valence-electron chi connectivity index (χ2n) is 6.35. The smallest absolute Gasteiger partial charge is 0.240 e. The predicted octanol–water partition coefficient (Wildman–Crippen LogP) is 3.05. The molecule has 0 aliphatic heterocycles. The highest BCUT2D eigenvalue weighted by Gasteiger charge is 2.24. The molecule has 1 fully saturated rings. The van der Waals surface area contributed by atoms with Crippen molar-refractivity contribution in [3.63, 3.8) is 0 Å². The van der Waals surface area contributed by atoms with Crippen LogP contribution in [-0.2, 0) is 10.0 Å². The molecule has 1 aliphatic rings. The van der Waals surface area contributed by atoms with Crippen LogP contribution < -0.4 is 4.72 Å². The first-order valence-corrected chi connectivity index (χ1v) is 9.58. The van der Waals surface area contributed by atoms with Gasteiger partial charge in [0.1, 0.15) is 0 Å². The average molecular weight is 345 g/mol. The number of hydrogen-bond acceptors (Lipinski definition) is 3. The monoisotopic (exact) mass is 344 g/mol. The summed E-state index contributed by atoms with van der Waals surface area (Å²) in [4.78, 5) is 2.54. The Labute approximate surface area is 138 Å². The molecule has 0 heterocycles. The van der Waals surface area contributed by atoms with Crippen LogP contribution in [0.25, 0.3) is 0 Å². The fourth-order valence-electron chi connectivity index (χ4n) is 3.05. The van der Waals surface area contributed by atoms with Crippen molar-refractivity contribution in [3.05, 3.63) is 28.8 Å². The summed E-state index contributed by atoms with van der Waals surface area (Å²) in [6.07, 6.45) is 4.41. The highest BCUT2D eigenvalue weighted by molar-refractivity contribution is 7.89. The average Bonchev–Trinajstić information content (AvgIpc) is 2.48. The maximum atomic E-state index is 12.4. The minimum atomic E-state index is -3.49. The summed E-state index contributed by atoms with van der Waals surface area (Å²) in [5.41, 5.74) is 0.605. The van der Waals surface area contributed by atoms with E-state index in [4.69, 9.17) is 11.6 Å². The molecular weight excluding hydrogens is 320 g/mol. The molecule has 0 radical (unpaired) electrons. The number of halogens is 1. The van der Waals surface area contributed by atoms with Gasteiger partial charge in [0.25, 0.3) is 0 Å². The largest absolute Gasteiger partial charge is 0.306 e. The lowest BCUT2D eigenvalue weighted by Crippen LogP contribution is -2.36. The molecular formula is C16H25ClN2O2S. The third kappa shape index (κ3) is 4.22. The zero-order valence-electron chi connectivity index (χ0n) is 13.5. The molecule has 0 amide bonds. The summed E-state index contributed by atoms with van der Waals surface area (Å²) >= 11 is 6.02. The normalized spacial score (nSPS) is 23.0. The van der Waals surface area contributed by atoms with Gasteiger partial charge in [0.15, 0.2) is 0 Å². The van der Waals surface area contributed by atoms with Gasteiger partial charge >= 0.3 is 0 Å². The van der Waals surface area contributed by atoms with E-state index in [1.54, 1.807) is 25.1 Å². The van der Waals surface area contributed by atoms with Crippen LogP contribution >= 0.6 is 11.6 Å². The van der Waals surface area contributed by atoms with E-state index >= 15 is 0 Å². The molecule has 1 saturated carbocycles. The van der Waals surface area contributed by atoms with Gasteiger partial charge in [-0.3, -0.25) is 0 Å². The van der Waals surface area contributed by atoms with E-state index in [1.165, 1.54) is 0 Å². The Kier molecular flexibility index (Phi) is 5.88. The third-order valence-electron chi connectivity index (χ3n) is 4.62. The summed E-state index contributed by atoms with van der Waals surface area (Å²) in [6.45, 7) is 2.24.